The first kappa shape index (κ1) is 15.9. The summed E-state index contributed by atoms with van der Waals surface area (Å²) in [5.41, 5.74) is 0.160. The van der Waals surface area contributed by atoms with Crippen LogP contribution in [0, 0.1) is 5.92 Å². The van der Waals surface area contributed by atoms with Gasteiger partial charge < -0.3 is 24.5 Å². The van der Waals surface area contributed by atoms with Crippen LogP contribution in [0.5, 0.6) is 0 Å². The number of nitrogens with one attached hydrogen (secondary N) is 1. The fourth-order valence-electron chi connectivity index (χ4n) is 3.40. The highest BCUT2D eigenvalue weighted by molar-refractivity contribution is 6.03. The largest absolute Gasteiger partial charge is 0.461 e. The minimum absolute atomic E-state index is 0.0603. The smallest absolute Gasteiger partial charge is 0.357 e. The minimum Gasteiger partial charge on any atom is -0.461 e. The number of hydrogen-bond donors (Lipinski definition) is 2. The van der Waals surface area contributed by atoms with Gasteiger partial charge in [-0.3, -0.25) is 4.79 Å². The fourth-order valence-corrected chi connectivity index (χ4v) is 3.40. The third-order valence-electron chi connectivity index (χ3n) is 4.47. The van der Waals surface area contributed by atoms with E-state index in [0.717, 1.165) is 6.42 Å². The number of carbonyl (C=O) groups excluding carboxylic acids is 2. The zero-order valence-corrected chi connectivity index (χ0v) is 13.0. The summed E-state index contributed by atoms with van der Waals surface area (Å²) >= 11 is 0. The maximum absolute atomic E-state index is 12.8. The molecular weight excluding hydrogens is 302 g/mol. The lowest BCUT2D eigenvalue weighted by Gasteiger charge is -2.37. The number of morpholine rings is 1. The summed E-state index contributed by atoms with van der Waals surface area (Å²) in [5, 5.41) is 9.36. The standard InChI is InChI=1S/C15H21N3O5/c1-2-22-15(21)13-12(16-8-17-13)14(20)18-3-4-23-11-6-9(7-19)5-10(11)18/h8-11,19H,2-7H2,1H3,(H,16,17)/t9-,10+,11?/m1/s1. The van der Waals surface area contributed by atoms with Crippen molar-refractivity contribution in [2.45, 2.75) is 31.9 Å². The highest BCUT2D eigenvalue weighted by atomic mass is 16.5. The highest BCUT2D eigenvalue weighted by Gasteiger charge is 2.43. The second-order valence-electron chi connectivity index (χ2n) is 5.84. The third kappa shape index (κ3) is 2.96. The van der Waals surface area contributed by atoms with Gasteiger partial charge >= 0.3 is 5.97 Å². The second-order valence-corrected chi connectivity index (χ2v) is 5.84. The monoisotopic (exact) mass is 323 g/mol. The van der Waals surface area contributed by atoms with E-state index in [-0.39, 0.29) is 48.6 Å². The molecule has 3 atom stereocenters. The molecule has 0 spiro atoms. The second kappa shape index (κ2) is 6.67. The number of imidazole rings is 1. The molecule has 8 heteroatoms. The molecule has 1 aliphatic heterocycles. The lowest BCUT2D eigenvalue weighted by atomic mass is 10.1. The van der Waals surface area contributed by atoms with E-state index in [1.807, 2.05) is 0 Å². The zero-order chi connectivity index (χ0) is 16.4. The topological polar surface area (TPSA) is 105 Å². The number of aliphatic hydroxyl groups excluding tert-OH is 1. The van der Waals surface area contributed by atoms with Gasteiger partial charge in [-0.05, 0) is 25.7 Å². The van der Waals surface area contributed by atoms with Crippen LogP contribution in [0.15, 0.2) is 6.33 Å². The van der Waals surface area contributed by atoms with E-state index in [4.69, 9.17) is 9.47 Å². The Kier molecular flexibility index (Phi) is 4.63. The molecule has 126 valence electrons. The zero-order valence-electron chi connectivity index (χ0n) is 13.0. The first-order chi connectivity index (χ1) is 11.2. The predicted octanol–water partition coefficient (Wildman–Crippen LogP) is 0.198. The van der Waals surface area contributed by atoms with Crippen LogP contribution < -0.4 is 0 Å². The van der Waals surface area contributed by atoms with Crippen LogP contribution in [-0.2, 0) is 9.47 Å². The maximum Gasteiger partial charge on any atom is 0.357 e. The Morgan fingerprint density at radius 1 is 1.52 bits per heavy atom. The average Bonchev–Trinajstić information content (AvgIpc) is 3.20. The number of hydrogen-bond acceptors (Lipinski definition) is 6. The van der Waals surface area contributed by atoms with Crippen LogP contribution in [0.2, 0.25) is 0 Å². The molecular formula is C15H21N3O5. The average molecular weight is 323 g/mol. The number of nitrogens with zero attached hydrogens (tertiary/aromatic N) is 2. The van der Waals surface area contributed by atoms with E-state index in [1.54, 1.807) is 11.8 Å². The van der Waals surface area contributed by atoms with Crippen molar-refractivity contribution in [1.82, 2.24) is 14.9 Å². The van der Waals surface area contributed by atoms with Gasteiger partial charge in [0.05, 0.1) is 31.7 Å². The third-order valence-corrected chi connectivity index (χ3v) is 4.47. The van der Waals surface area contributed by atoms with E-state index in [9.17, 15) is 14.7 Å². The van der Waals surface area contributed by atoms with Crippen LogP contribution in [0.3, 0.4) is 0 Å². The number of H-pyrrole nitrogens is 1. The quantitative estimate of drug-likeness (QED) is 0.767. The molecule has 1 saturated carbocycles. The van der Waals surface area contributed by atoms with Gasteiger partial charge in [0.2, 0.25) is 0 Å². The summed E-state index contributed by atoms with van der Waals surface area (Å²) in [4.78, 5) is 33.2. The van der Waals surface area contributed by atoms with Crippen molar-refractivity contribution in [3.8, 4) is 0 Å². The van der Waals surface area contributed by atoms with Gasteiger partial charge in [0, 0.05) is 13.2 Å². The predicted molar refractivity (Wildman–Crippen MR) is 78.9 cm³/mol. The molecule has 2 N–H and O–H groups in total. The molecule has 2 heterocycles. The molecule has 1 aromatic heterocycles. The molecule has 0 radical (unpaired) electrons. The molecule has 2 fully saturated rings. The van der Waals surface area contributed by atoms with Crippen molar-refractivity contribution in [2.24, 2.45) is 5.92 Å². The molecule has 23 heavy (non-hydrogen) atoms. The van der Waals surface area contributed by atoms with Gasteiger partial charge in [0.15, 0.2) is 11.4 Å². The number of ether oxygens (including phenoxy) is 2. The Balaban J connectivity index is 1.80. The number of aromatic nitrogens is 2. The van der Waals surface area contributed by atoms with Gasteiger partial charge in [-0.2, -0.15) is 0 Å². The van der Waals surface area contributed by atoms with Crippen LogP contribution in [-0.4, -0.2) is 70.4 Å². The van der Waals surface area contributed by atoms with E-state index < -0.39 is 5.97 Å². The van der Waals surface area contributed by atoms with Crippen molar-refractivity contribution in [1.29, 1.82) is 0 Å². The minimum atomic E-state index is -0.585. The van der Waals surface area contributed by atoms with Crippen molar-refractivity contribution < 1.29 is 24.2 Å². The van der Waals surface area contributed by atoms with E-state index >= 15 is 0 Å². The summed E-state index contributed by atoms with van der Waals surface area (Å²) in [7, 11) is 0. The Bertz CT molecular complexity index is 587. The Hall–Kier alpha value is -1.93. The molecule has 1 saturated heterocycles. The molecule has 3 rings (SSSR count). The number of rotatable bonds is 4. The van der Waals surface area contributed by atoms with Crippen molar-refractivity contribution in [3.05, 3.63) is 17.7 Å². The fraction of sp³-hybridized carbons (Fsp3) is 0.667. The first-order valence-electron chi connectivity index (χ1n) is 7.89. The van der Waals surface area contributed by atoms with Gasteiger partial charge in [-0.25, -0.2) is 9.78 Å². The van der Waals surface area contributed by atoms with Gasteiger partial charge in [-0.15, -0.1) is 0 Å². The van der Waals surface area contributed by atoms with Crippen molar-refractivity contribution >= 4 is 11.9 Å². The summed E-state index contributed by atoms with van der Waals surface area (Å²) in [6.45, 7) is 2.92. The molecule has 0 aromatic carbocycles. The normalized spacial score (nSPS) is 26.9. The Morgan fingerprint density at radius 3 is 3.09 bits per heavy atom. The van der Waals surface area contributed by atoms with E-state index in [2.05, 4.69) is 9.97 Å². The summed E-state index contributed by atoms with van der Waals surface area (Å²) in [6.07, 6.45) is 2.71. The van der Waals surface area contributed by atoms with Gasteiger partial charge in [-0.1, -0.05) is 0 Å². The molecule has 1 aromatic rings. The maximum atomic E-state index is 12.8. The number of amides is 1. The number of esters is 1. The lowest BCUT2D eigenvalue weighted by molar-refractivity contribution is -0.0451. The molecule has 1 aliphatic carbocycles. The molecule has 1 unspecified atom stereocenters. The first-order valence-corrected chi connectivity index (χ1v) is 7.89. The Labute approximate surface area is 133 Å². The number of aliphatic hydroxyl groups is 1. The summed E-state index contributed by atoms with van der Waals surface area (Å²) in [5.74, 6) is -0.744. The van der Waals surface area contributed by atoms with Gasteiger partial charge in [0.1, 0.15) is 0 Å². The molecule has 2 aliphatic rings. The molecule has 8 nitrogen and oxygen atoms in total. The van der Waals surface area contributed by atoms with Crippen LogP contribution in [0.4, 0.5) is 0 Å². The number of fused-ring (bicyclic) bond motifs is 1. The van der Waals surface area contributed by atoms with Crippen LogP contribution >= 0.6 is 0 Å². The van der Waals surface area contributed by atoms with Crippen LogP contribution in [0.1, 0.15) is 40.7 Å². The van der Waals surface area contributed by atoms with E-state index in [1.165, 1.54) is 6.33 Å². The Morgan fingerprint density at radius 2 is 2.35 bits per heavy atom. The number of aromatic amines is 1. The van der Waals surface area contributed by atoms with E-state index in [0.29, 0.717) is 19.6 Å². The lowest BCUT2D eigenvalue weighted by Crippen LogP contribution is -2.51. The molecule has 0 bridgehead atoms. The summed E-state index contributed by atoms with van der Waals surface area (Å²) < 4.78 is 10.7. The number of carbonyl (C=O) groups is 2. The van der Waals surface area contributed by atoms with Gasteiger partial charge in [0.25, 0.3) is 5.91 Å². The van der Waals surface area contributed by atoms with Crippen LogP contribution in [0.25, 0.3) is 0 Å². The highest BCUT2D eigenvalue weighted by Crippen LogP contribution is 2.34. The SMILES string of the molecule is CCOC(=O)c1[nH]cnc1C(=O)N1CCOC2C[C@H](CO)C[C@@H]21. The van der Waals surface area contributed by atoms with Crippen molar-refractivity contribution in [2.75, 3.05) is 26.4 Å². The summed E-state index contributed by atoms with van der Waals surface area (Å²) in [6, 6.07) is -0.0832. The van der Waals surface area contributed by atoms with Crippen molar-refractivity contribution in [3.63, 3.8) is 0 Å². The molecule has 1 amide bonds.